The maximum absolute atomic E-state index is 3.29. The lowest BCUT2D eigenvalue weighted by Crippen LogP contribution is -2.25. The summed E-state index contributed by atoms with van der Waals surface area (Å²) in [6, 6.07) is 8.74. The molecule has 27 heavy (non-hydrogen) atoms. The Morgan fingerprint density at radius 3 is 2.07 bits per heavy atom. The fourth-order valence-electron chi connectivity index (χ4n) is 5.23. The zero-order chi connectivity index (χ0) is 18.9. The molecule has 2 aliphatic carbocycles. The number of benzene rings is 1. The van der Waals surface area contributed by atoms with Crippen LogP contribution in [-0.2, 0) is 6.42 Å². The molecule has 1 aromatic rings. The summed E-state index contributed by atoms with van der Waals surface area (Å²) in [6.45, 7) is 4.59. The predicted molar refractivity (Wildman–Crippen MR) is 118 cm³/mol. The smallest absolute Gasteiger partial charge is 0.0249 e. The third-order valence-corrected chi connectivity index (χ3v) is 7.11. The highest BCUT2D eigenvalue weighted by Crippen LogP contribution is 2.42. The van der Waals surface area contributed by atoms with Crippen LogP contribution in [0.5, 0.6) is 0 Å². The summed E-state index contributed by atoms with van der Waals surface area (Å²) in [5.74, 6) is 10.4. The molecule has 146 valence electrons. The molecule has 0 aromatic heterocycles. The van der Waals surface area contributed by atoms with Gasteiger partial charge in [0.05, 0.1) is 0 Å². The first-order valence-electron chi connectivity index (χ1n) is 11.6. The summed E-state index contributed by atoms with van der Waals surface area (Å²) in [4.78, 5) is 0. The van der Waals surface area contributed by atoms with Crippen molar-refractivity contribution in [1.82, 2.24) is 0 Å². The maximum atomic E-state index is 3.29. The lowest BCUT2D eigenvalue weighted by atomic mass is 9.69. The van der Waals surface area contributed by atoms with Gasteiger partial charge >= 0.3 is 0 Å². The van der Waals surface area contributed by atoms with Crippen molar-refractivity contribution in [3.63, 3.8) is 0 Å². The molecule has 0 nitrogen and oxygen atoms in total. The quantitative estimate of drug-likeness (QED) is 0.474. The van der Waals surface area contributed by atoms with Crippen molar-refractivity contribution in [2.45, 2.75) is 84.5 Å². The van der Waals surface area contributed by atoms with Gasteiger partial charge in [-0.15, -0.1) is 0 Å². The molecule has 0 heterocycles. The lowest BCUT2D eigenvalue weighted by Gasteiger charge is -2.37. The number of hydrogen-bond acceptors (Lipinski definition) is 0. The van der Waals surface area contributed by atoms with Gasteiger partial charge in [0.25, 0.3) is 0 Å². The van der Waals surface area contributed by atoms with Crippen molar-refractivity contribution < 1.29 is 0 Å². The minimum absolute atomic E-state index is 0.759. The van der Waals surface area contributed by atoms with Crippen molar-refractivity contribution in [3.05, 3.63) is 47.5 Å². The summed E-state index contributed by atoms with van der Waals surface area (Å²) in [5.41, 5.74) is 2.55. The molecule has 2 aliphatic rings. The normalized spacial score (nSPS) is 28.7. The molecular weight excluding hydrogens is 324 g/mol. The Morgan fingerprint density at radius 1 is 0.852 bits per heavy atom. The van der Waals surface area contributed by atoms with Gasteiger partial charge in [0.1, 0.15) is 0 Å². The Hall–Kier alpha value is -1.48. The van der Waals surface area contributed by atoms with Crippen LogP contribution in [0.1, 0.15) is 89.2 Å². The molecule has 0 amide bonds. The van der Waals surface area contributed by atoms with Gasteiger partial charge in [-0.3, -0.25) is 0 Å². The van der Waals surface area contributed by atoms with Crippen LogP contribution < -0.4 is 0 Å². The SMILES string of the molecule is CCCc1ccc(C#C/C=C/C2CCC([C@H]3CC[C@H](CC)CC3)CC2)cc1. The van der Waals surface area contributed by atoms with E-state index >= 15 is 0 Å². The van der Waals surface area contributed by atoms with Crippen molar-refractivity contribution in [2.24, 2.45) is 23.7 Å². The molecule has 0 saturated heterocycles. The second kappa shape index (κ2) is 10.8. The van der Waals surface area contributed by atoms with E-state index in [-0.39, 0.29) is 0 Å². The van der Waals surface area contributed by atoms with Gasteiger partial charge in [-0.2, -0.15) is 0 Å². The molecule has 0 bridgehead atoms. The lowest BCUT2D eigenvalue weighted by molar-refractivity contribution is 0.154. The van der Waals surface area contributed by atoms with Crippen LogP contribution in [0.2, 0.25) is 0 Å². The van der Waals surface area contributed by atoms with Crippen molar-refractivity contribution >= 4 is 0 Å². The van der Waals surface area contributed by atoms with Crippen LogP contribution in [0.4, 0.5) is 0 Å². The first-order chi connectivity index (χ1) is 13.3. The van der Waals surface area contributed by atoms with E-state index in [1.165, 1.54) is 69.8 Å². The molecule has 0 unspecified atom stereocenters. The standard InChI is InChI=1S/C27H38/c1-3-7-23-10-12-24(13-11-23)8-5-6-9-25-16-20-27(21-17-25)26-18-14-22(4-2)15-19-26/h6,9-13,22,25-27H,3-4,7,14-21H2,1-2H3/b9-6+/t22-,25?,26-,27?. The molecule has 1 aromatic carbocycles. The molecule has 0 radical (unpaired) electrons. The molecule has 0 atom stereocenters. The van der Waals surface area contributed by atoms with E-state index in [4.69, 9.17) is 0 Å². The summed E-state index contributed by atoms with van der Waals surface area (Å²) in [7, 11) is 0. The van der Waals surface area contributed by atoms with Crippen LogP contribution >= 0.6 is 0 Å². The Labute approximate surface area is 167 Å². The van der Waals surface area contributed by atoms with Crippen molar-refractivity contribution in [2.75, 3.05) is 0 Å². The summed E-state index contributed by atoms with van der Waals surface area (Å²) in [5, 5.41) is 0. The minimum atomic E-state index is 0.759. The Balaban J connectivity index is 1.40. The molecule has 2 fully saturated rings. The third kappa shape index (κ3) is 6.27. The van der Waals surface area contributed by atoms with Crippen LogP contribution in [0.15, 0.2) is 36.4 Å². The summed E-state index contributed by atoms with van der Waals surface area (Å²) >= 11 is 0. The highest BCUT2D eigenvalue weighted by molar-refractivity contribution is 5.38. The van der Waals surface area contributed by atoms with E-state index in [0.29, 0.717) is 0 Å². The zero-order valence-electron chi connectivity index (χ0n) is 17.6. The predicted octanol–water partition coefficient (Wildman–Crippen LogP) is 7.57. The van der Waals surface area contributed by atoms with Gasteiger partial charge in [0.2, 0.25) is 0 Å². The average Bonchev–Trinajstić information content (AvgIpc) is 2.73. The molecule has 0 spiro atoms. The minimum Gasteiger partial charge on any atom is -0.0730 e. The number of hydrogen-bond donors (Lipinski definition) is 0. The molecule has 0 N–H and O–H groups in total. The molecule has 2 saturated carbocycles. The fraction of sp³-hybridized carbons (Fsp3) is 0.630. The second-order valence-corrected chi connectivity index (χ2v) is 8.94. The van der Waals surface area contributed by atoms with Gasteiger partial charge in [0.15, 0.2) is 0 Å². The molecular formula is C27H38. The number of allylic oxidation sites excluding steroid dienone is 2. The summed E-state index contributed by atoms with van der Waals surface area (Å²) < 4.78 is 0. The first kappa shape index (κ1) is 20.3. The number of aryl methyl sites for hydroxylation is 1. The van der Waals surface area contributed by atoms with E-state index in [2.05, 4.69) is 62.1 Å². The molecule has 3 rings (SSSR count). The monoisotopic (exact) mass is 362 g/mol. The second-order valence-electron chi connectivity index (χ2n) is 8.94. The van der Waals surface area contributed by atoms with Crippen LogP contribution in [-0.4, -0.2) is 0 Å². The van der Waals surface area contributed by atoms with Crippen molar-refractivity contribution in [3.8, 4) is 11.8 Å². The highest BCUT2D eigenvalue weighted by atomic mass is 14.3. The Bertz CT molecular complexity index is 623. The van der Waals surface area contributed by atoms with Crippen molar-refractivity contribution in [1.29, 1.82) is 0 Å². The third-order valence-electron chi connectivity index (χ3n) is 7.11. The maximum Gasteiger partial charge on any atom is 0.0249 e. The molecule has 0 heteroatoms. The Morgan fingerprint density at radius 2 is 1.48 bits per heavy atom. The highest BCUT2D eigenvalue weighted by Gasteiger charge is 2.29. The van der Waals surface area contributed by atoms with Crippen LogP contribution in [0.25, 0.3) is 0 Å². The van der Waals surface area contributed by atoms with Gasteiger partial charge in [-0.05, 0) is 92.4 Å². The van der Waals surface area contributed by atoms with E-state index in [1.807, 2.05) is 0 Å². The van der Waals surface area contributed by atoms with Gasteiger partial charge in [0, 0.05) is 5.56 Å². The fourth-order valence-corrected chi connectivity index (χ4v) is 5.23. The molecule has 0 aliphatic heterocycles. The van der Waals surface area contributed by atoms with Gasteiger partial charge in [-0.25, -0.2) is 0 Å². The van der Waals surface area contributed by atoms with E-state index in [1.54, 1.807) is 0 Å². The Kier molecular flexibility index (Phi) is 8.07. The average molecular weight is 363 g/mol. The topological polar surface area (TPSA) is 0 Å². The van der Waals surface area contributed by atoms with E-state index in [9.17, 15) is 0 Å². The largest absolute Gasteiger partial charge is 0.0730 e. The zero-order valence-corrected chi connectivity index (χ0v) is 17.6. The first-order valence-corrected chi connectivity index (χ1v) is 11.6. The van der Waals surface area contributed by atoms with E-state index < -0.39 is 0 Å². The van der Waals surface area contributed by atoms with Crippen LogP contribution in [0, 0.1) is 35.5 Å². The van der Waals surface area contributed by atoms with Gasteiger partial charge < -0.3 is 0 Å². The van der Waals surface area contributed by atoms with E-state index in [0.717, 1.165) is 35.7 Å². The van der Waals surface area contributed by atoms with Gasteiger partial charge in [-0.1, -0.05) is 69.6 Å². The van der Waals surface area contributed by atoms with Crippen LogP contribution in [0.3, 0.4) is 0 Å². The number of rotatable bonds is 5. The summed E-state index contributed by atoms with van der Waals surface area (Å²) in [6.07, 6.45) is 19.9.